The molecule has 1 aliphatic rings. The number of halogens is 2. The van der Waals surface area contributed by atoms with Gasteiger partial charge in [0, 0.05) is 19.4 Å². The Morgan fingerprint density at radius 1 is 1.10 bits per heavy atom. The highest BCUT2D eigenvalue weighted by atomic mass is 19.3. The normalized spacial score (nSPS) is 12.9. The molecule has 1 aliphatic heterocycles. The van der Waals surface area contributed by atoms with Crippen LogP contribution in [0.15, 0.2) is 48.5 Å². The quantitative estimate of drug-likeness (QED) is 0.734. The summed E-state index contributed by atoms with van der Waals surface area (Å²) in [7, 11) is 0. The van der Waals surface area contributed by atoms with Crippen LogP contribution in [0.25, 0.3) is 0 Å². The highest BCUT2D eigenvalue weighted by Gasteiger charge is 2.23. The Balaban J connectivity index is 1.40. The molecule has 0 unspecified atom stereocenters. The monoisotopic (exact) mass is 404 g/mol. The predicted octanol–water partition coefficient (Wildman–Crippen LogP) is 3.15. The number of alkyl halides is 2. The van der Waals surface area contributed by atoms with E-state index in [4.69, 9.17) is 4.74 Å². The lowest BCUT2D eigenvalue weighted by Crippen LogP contribution is -2.38. The van der Waals surface area contributed by atoms with E-state index in [2.05, 4.69) is 10.1 Å². The van der Waals surface area contributed by atoms with Crippen LogP contribution in [0.4, 0.5) is 14.5 Å². The molecule has 6 nitrogen and oxygen atoms in total. The molecule has 29 heavy (non-hydrogen) atoms. The number of benzene rings is 2. The van der Waals surface area contributed by atoms with E-state index in [9.17, 15) is 18.4 Å². The smallest absolute Gasteiger partial charge is 0.387 e. The summed E-state index contributed by atoms with van der Waals surface area (Å²) < 4.78 is 34.1. The van der Waals surface area contributed by atoms with E-state index in [-0.39, 0.29) is 30.4 Å². The molecule has 0 spiro atoms. The van der Waals surface area contributed by atoms with Crippen LogP contribution in [0.2, 0.25) is 0 Å². The minimum atomic E-state index is -2.85. The Bertz CT molecular complexity index is 843. The van der Waals surface area contributed by atoms with Gasteiger partial charge in [0.2, 0.25) is 11.8 Å². The topological polar surface area (TPSA) is 67.9 Å². The van der Waals surface area contributed by atoms with Gasteiger partial charge in [-0.2, -0.15) is 8.78 Å². The maximum absolute atomic E-state index is 12.5. The zero-order valence-electron chi connectivity index (χ0n) is 15.8. The number of ether oxygens (including phenoxy) is 2. The minimum absolute atomic E-state index is 0.0935. The maximum Gasteiger partial charge on any atom is 0.387 e. The predicted molar refractivity (Wildman–Crippen MR) is 103 cm³/mol. The molecule has 0 aliphatic carbocycles. The van der Waals surface area contributed by atoms with Gasteiger partial charge < -0.3 is 19.7 Å². The molecule has 3 rings (SSSR count). The maximum atomic E-state index is 12.5. The summed E-state index contributed by atoms with van der Waals surface area (Å²) in [5, 5.41) is 2.77. The van der Waals surface area contributed by atoms with E-state index >= 15 is 0 Å². The first kappa shape index (κ1) is 20.6. The Morgan fingerprint density at radius 2 is 1.86 bits per heavy atom. The highest BCUT2D eigenvalue weighted by molar-refractivity contribution is 5.97. The number of hydrogen-bond acceptors (Lipinski definition) is 4. The van der Waals surface area contributed by atoms with Gasteiger partial charge in [0.05, 0.1) is 12.2 Å². The van der Waals surface area contributed by atoms with Gasteiger partial charge in [0.15, 0.2) is 0 Å². The molecular formula is C21H22F2N2O4. The van der Waals surface area contributed by atoms with E-state index in [1.54, 1.807) is 17.0 Å². The Kier molecular flexibility index (Phi) is 6.99. The second-order valence-electron chi connectivity index (χ2n) is 6.48. The van der Waals surface area contributed by atoms with Gasteiger partial charge in [-0.3, -0.25) is 9.59 Å². The standard InChI is InChI=1S/C21H22F2N2O4/c22-21(23)29-16-7-5-15(6-8-16)11-12-24-19(26)9-10-20(27)25-13-14-28-18-4-2-1-3-17(18)25/h1-8,21H,9-14H2,(H,24,26). The minimum Gasteiger partial charge on any atom is -0.490 e. The zero-order chi connectivity index (χ0) is 20.6. The molecule has 0 bridgehead atoms. The van der Waals surface area contributed by atoms with Crippen molar-refractivity contribution in [2.75, 3.05) is 24.6 Å². The van der Waals surface area contributed by atoms with Gasteiger partial charge in [-0.1, -0.05) is 24.3 Å². The molecule has 0 saturated heterocycles. The van der Waals surface area contributed by atoms with Crippen molar-refractivity contribution < 1.29 is 27.8 Å². The molecule has 0 fully saturated rings. The first-order chi connectivity index (χ1) is 14.0. The van der Waals surface area contributed by atoms with Crippen LogP contribution >= 0.6 is 0 Å². The van der Waals surface area contributed by atoms with E-state index < -0.39 is 6.61 Å². The second-order valence-corrected chi connectivity index (χ2v) is 6.48. The highest BCUT2D eigenvalue weighted by Crippen LogP contribution is 2.31. The first-order valence-electron chi connectivity index (χ1n) is 9.35. The van der Waals surface area contributed by atoms with Crippen LogP contribution in [0.1, 0.15) is 18.4 Å². The van der Waals surface area contributed by atoms with Crippen LogP contribution in [0, 0.1) is 0 Å². The molecule has 1 heterocycles. The number of anilines is 1. The largest absolute Gasteiger partial charge is 0.490 e. The Hall–Kier alpha value is -3.16. The van der Waals surface area contributed by atoms with Crippen LogP contribution in [0.5, 0.6) is 11.5 Å². The third-order valence-corrected chi connectivity index (χ3v) is 4.48. The second kappa shape index (κ2) is 9.86. The molecule has 154 valence electrons. The van der Waals surface area contributed by atoms with E-state index in [1.807, 2.05) is 24.3 Å². The summed E-state index contributed by atoms with van der Waals surface area (Å²) >= 11 is 0. The fourth-order valence-corrected chi connectivity index (χ4v) is 3.06. The fourth-order valence-electron chi connectivity index (χ4n) is 3.06. The molecule has 2 aromatic carbocycles. The molecule has 8 heteroatoms. The van der Waals surface area contributed by atoms with Crippen molar-refractivity contribution in [2.45, 2.75) is 25.9 Å². The van der Waals surface area contributed by atoms with Crippen molar-refractivity contribution in [3.8, 4) is 11.5 Å². The Labute approximate surface area is 167 Å². The number of carbonyl (C=O) groups excluding carboxylic acids is 2. The van der Waals surface area contributed by atoms with Crippen LogP contribution in [-0.2, 0) is 16.0 Å². The van der Waals surface area contributed by atoms with E-state index in [0.29, 0.717) is 31.9 Å². The number of fused-ring (bicyclic) bond motifs is 1. The number of para-hydroxylation sites is 2. The van der Waals surface area contributed by atoms with Crippen molar-refractivity contribution in [3.63, 3.8) is 0 Å². The molecule has 2 amide bonds. The lowest BCUT2D eigenvalue weighted by atomic mass is 10.1. The number of hydrogen-bond donors (Lipinski definition) is 1. The lowest BCUT2D eigenvalue weighted by Gasteiger charge is -2.29. The number of nitrogens with zero attached hydrogens (tertiary/aromatic N) is 1. The molecule has 0 atom stereocenters. The summed E-state index contributed by atoms with van der Waals surface area (Å²) in [5.74, 6) is 0.431. The van der Waals surface area contributed by atoms with Crippen LogP contribution < -0.4 is 19.7 Å². The van der Waals surface area contributed by atoms with Crippen molar-refractivity contribution in [1.29, 1.82) is 0 Å². The van der Waals surface area contributed by atoms with Crippen LogP contribution in [-0.4, -0.2) is 38.1 Å². The van der Waals surface area contributed by atoms with Crippen molar-refractivity contribution in [2.24, 2.45) is 0 Å². The van der Waals surface area contributed by atoms with Crippen molar-refractivity contribution in [1.82, 2.24) is 5.32 Å². The van der Waals surface area contributed by atoms with Crippen molar-refractivity contribution in [3.05, 3.63) is 54.1 Å². The summed E-state index contributed by atoms with van der Waals surface area (Å²) in [5.41, 5.74) is 1.61. The summed E-state index contributed by atoms with van der Waals surface area (Å²) in [6.45, 7) is -1.57. The molecule has 0 saturated carbocycles. The number of amides is 2. The Morgan fingerprint density at radius 3 is 2.62 bits per heavy atom. The zero-order valence-corrected chi connectivity index (χ0v) is 15.8. The molecule has 2 aromatic rings. The number of carbonyl (C=O) groups is 2. The van der Waals surface area contributed by atoms with Gasteiger partial charge in [-0.05, 0) is 36.2 Å². The summed E-state index contributed by atoms with van der Waals surface area (Å²) in [6, 6.07) is 13.6. The van der Waals surface area contributed by atoms with Gasteiger partial charge in [0.1, 0.15) is 18.1 Å². The van der Waals surface area contributed by atoms with E-state index in [0.717, 1.165) is 11.3 Å². The third kappa shape index (κ3) is 5.91. The van der Waals surface area contributed by atoms with Crippen LogP contribution in [0.3, 0.4) is 0 Å². The summed E-state index contributed by atoms with van der Waals surface area (Å²) in [6.07, 6.45) is 0.755. The van der Waals surface area contributed by atoms with Gasteiger partial charge in [-0.25, -0.2) is 0 Å². The van der Waals surface area contributed by atoms with Crippen molar-refractivity contribution >= 4 is 17.5 Å². The van der Waals surface area contributed by atoms with Gasteiger partial charge in [-0.15, -0.1) is 0 Å². The molecule has 1 N–H and O–H groups in total. The van der Waals surface area contributed by atoms with Gasteiger partial charge >= 0.3 is 6.61 Å². The van der Waals surface area contributed by atoms with Gasteiger partial charge in [0.25, 0.3) is 0 Å². The molecular weight excluding hydrogens is 382 g/mol. The molecule has 0 aromatic heterocycles. The molecule has 0 radical (unpaired) electrons. The average molecular weight is 404 g/mol. The average Bonchev–Trinajstić information content (AvgIpc) is 2.72. The lowest BCUT2D eigenvalue weighted by molar-refractivity contribution is -0.125. The third-order valence-electron chi connectivity index (χ3n) is 4.48. The first-order valence-corrected chi connectivity index (χ1v) is 9.35. The summed E-state index contributed by atoms with van der Waals surface area (Å²) in [4.78, 5) is 26.2. The van der Waals surface area contributed by atoms with E-state index in [1.165, 1.54) is 12.1 Å². The SMILES string of the molecule is O=C(CCC(=O)N1CCOc2ccccc21)NCCc1ccc(OC(F)F)cc1. The fraction of sp³-hybridized carbons (Fsp3) is 0.333. The number of rotatable bonds is 8. The number of nitrogens with one attached hydrogen (secondary N) is 1.